The van der Waals surface area contributed by atoms with Gasteiger partial charge in [-0.05, 0) is 44.1 Å². The SMILES string of the molecule is CCCCCCCCC(CNC1CC1)CC(C)C. The Balaban J connectivity index is 2.02. The average molecular weight is 253 g/mol. The van der Waals surface area contributed by atoms with E-state index in [1.165, 1.54) is 70.8 Å². The zero-order valence-corrected chi connectivity index (χ0v) is 13.0. The van der Waals surface area contributed by atoms with Gasteiger partial charge in [-0.1, -0.05) is 59.3 Å². The van der Waals surface area contributed by atoms with Gasteiger partial charge < -0.3 is 5.32 Å². The first-order valence-corrected chi connectivity index (χ1v) is 8.45. The van der Waals surface area contributed by atoms with Gasteiger partial charge in [0, 0.05) is 6.04 Å². The van der Waals surface area contributed by atoms with Crippen LogP contribution in [0.5, 0.6) is 0 Å². The van der Waals surface area contributed by atoms with Crippen LogP contribution in [0.1, 0.15) is 85.0 Å². The summed E-state index contributed by atoms with van der Waals surface area (Å²) in [6.07, 6.45) is 14.3. The van der Waals surface area contributed by atoms with Crippen molar-refractivity contribution >= 4 is 0 Å². The van der Waals surface area contributed by atoms with Crippen molar-refractivity contribution in [2.24, 2.45) is 11.8 Å². The topological polar surface area (TPSA) is 12.0 Å². The smallest absolute Gasteiger partial charge is 0.00683 e. The maximum Gasteiger partial charge on any atom is 0.00683 e. The third kappa shape index (κ3) is 8.97. The molecule has 0 aromatic carbocycles. The number of unbranched alkanes of at least 4 members (excludes halogenated alkanes) is 5. The van der Waals surface area contributed by atoms with Crippen LogP contribution in [0, 0.1) is 11.8 Å². The molecule has 0 radical (unpaired) electrons. The van der Waals surface area contributed by atoms with E-state index in [9.17, 15) is 0 Å². The maximum atomic E-state index is 3.72. The highest BCUT2D eigenvalue weighted by atomic mass is 14.9. The van der Waals surface area contributed by atoms with E-state index < -0.39 is 0 Å². The van der Waals surface area contributed by atoms with Crippen molar-refractivity contribution < 1.29 is 0 Å². The van der Waals surface area contributed by atoms with Gasteiger partial charge in [0.1, 0.15) is 0 Å². The van der Waals surface area contributed by atoms with E-state index in [0.29, 0.717) is 0 Å². The summed E-state index contributed by atoms with van der Waals surface area (Å²) < 4.78 is 0. The summed E-state index contributed by atoms with van der Waals surface area (Å²) >= 11 is 0. The first-order valence-electron chi connectivity index (χ1n) is 8.45. The second-order valence-corrected chi connectivity index (χ2v) is 6.73. The number of nitrogens with one attached hydrogen (secondary N) is 1. The van der Waals surface area contributed by atoms with Gasteiger partial charge in [0.05, 0.1) is 0 Å². The molecule has 18 heavy (non-hydrogen) atoms. The predicted molar refractivity (Wildman–Crippen MR) is 82.0 cm³/mol. The van der Waals surface area contributed by atoms with E-state index in [0.717, 1.165) is 17.9 Å². The summed E-state index contributed by atoms with van der Waals surface area (Å²) in [5.41, 5.74) is 0. The Bertz CT molecular complexity index is 184. The molecule has 1 heteroatoms. The molecule has 1 unspecified atom stereocenters. The van der Waals surface area contributed by atoms with Gasteiger partial charge in [-0.2, -0.15) is 0 Å². The summed E-state index contributed by atoms with van der Waals surface area (Å²) in [6.45, 7) is 8.30. The highest BCUT2D eigenvalue weighted by Crippen LogP contribution is 2.22. The molecule has 0 aromatic rings. The van der Waals surface area contributed by atoms with E-state index in [1.54, 1.807) is 0 Å². The first-order chi connectivity index (χ1) is 8.72. The Morgan fingerprint density at radius 2 is 1.67 bits per heavy atom. The van der Waals surface area contributed by atoms with E-state index in [-0.39, 0.29) is 0 Å². The summed E-state index contributed by atoms with van der Waals surface area (Å²) in [6, 6.07) is 0.879. The van der Waals surface area contributed by atoms with Crippen molar-refractivity contribution in [1.82, 2.24) is 5.32 Å². The monoisotopic (exact) mass is 253 g/mol. The lowest BCUT2D eigenvalue weighted by molar-refractivity contribution is 0.352. The van der Waals surface area contributed by atoms with Gasteiger partial charge >= 0.3 is 0 Å². The summed E-state index contributed by atoms with van der Waals surface area (Å²) in [7, 11) is 0. The van der Waals surface area contributed by atoms with Crippen LogP contribution in [0.4, 0.5) is 0 Å². The lowest BCUT2D eigenvalue weighted by Gasteiger charge is -2.19. The van der Waals surface area contributed by atoms with E-state index in [1.807, 2.05) is 0 Å². The van der Waals surface area contributed by atoms with Crippen molar-refractivity contribution in [2.75, 3.05) is 6.54 Å². The van der Waals surface area contributed by atoms with Crippen LogP contribution >= 0.6 is 0 Å². The normalized spacial score (nSPS) is 17.3. The minimum Gasteiger partial charge on any atom is -0.314 e. The first kappa shape index (κ1) is 16.0. The van der Waals surface area contributed by atoms with Crippen LogP contribution < -0.4 is 5.32 Å². The second-order valence-electron chi connectivity index (χ2n) is 6.73. The molecular formula is C17H35N. The Kier molecular flexibility index (Phi) is 8.75. The third-order valence-corrected chi connectivity index (χ3v) is 4.04. The lowest BCUT2D eigenvalue weighted by atomic mass is 9.91. The molecule has 1 saturated carbocycles. The van der Waals surface area contributed by atoms with Gasteiger partial charge in [0.25, 0.3) is 0 Å². The molecule has 0 saturated heterocycles. The zero-order valence-electron chi connectivity index (χ0n) is 13.0. The highest BCUT2D eigenvalue weighted by Gasteiger charge is 2.22. The Morgan fingerprint density at radius 3 is 2.28 bits per heavy atom. The molecule has 0 heterocycles. The zero-order chi connectivity index (χ0) is 13.2. The van der Waals surface area contributed by atoms with E-state index in [4.69, 9.17) is 0 Å². The molecular weight excluding hydrogens is 218 g/mol. The fraction of sp³-hybridized carbons (Fsp3) is 1.00. The van der Waals surface area contributed by atoms with Crippen molar-refractivity contribution in [3.05, 3.63) is 0 Å². The molecule has 1 rings (SSSR count). The van der Waals surface area contributed by atoms with E-state index in [2.05, 4.69) is 26.1 Å². The Hall–Kier alpha value is -0.0400. The molecule has 108 valence electrons. The summed E-state index contributed by atoms with van der Waals surface area (Å²) in [5.74, 6) is 1.79. The predicted octanol–water partition coefficient (Wildman–Crippen LogP) is 5.15. The number of rotatable bonds is 12. The Morgan fingerprint density at radius 1 is 1.00 bits per heavy atom. The van der Waals surface area contributed by atoms with Gasteiger partial charge in [-0.15, -0.1) is 0 Å². The van der Waals surface area contributed by atoms with Gasteiger partial charge in [-0.3, -0.25) is 0 Å². The van der Waals surface area contributed by atoms with Gasteiger partial charge in [-0.25, -0.2) is 0 Å². The minimum absolute atomic E-state index is 0.857. The molecule has 0 aromatic heterocycles. The number of hydrogen-bond acceptors (Lipinski definition) is 1. The molecule has 0 bridgehead atoms. The van der Waals surface area contributed by atoms with Crippen LogP contribution in [0.2, 0.25) is 0 Å². The molecule has 0 amide bonds. The molecule has 1 nitrogen and oxygen atoms in total. The molecule has 1 N–H and O–H groups in total. The lowest BCUT2D eigenvalue weighted by Crippen LogP contribution is -2.25. The van der Waals surface area contributed by atoms with Crippen molar-refractivity contribution in [3.63, 3.8) is 0 Å². The molecule has 1 aliphatic carbocycles. The van der Waals surface area contributed by atoms with Crippen molar-refractivity contribution in [3.8, 4) is 0 Å². The molecule has 0 aliphatic heterocycles. The molecule has 1 fully saturated rings. The fourth-order valence-electron chi connectivity index (χ4n) is 2.80. The standard InChI is InChI=1S/C17H35N/c1-4-5-6-7-8-9-10-16(13-15(2)3)14-18-17-11-12-17/h15-18H,4-14H2,1-3H3. The van der Waals surface area contributed by atoms with Crippen molar-refractivity contribution in [1.29, 1.82) is 0 Å². The molecule has 0 spiro atoms. The van der Waals surface area contributed by atoms with Crippen LogP contribution in [0.15, 0.2) is 0 Å². The van der Waals surface area contributed by atoms with Crippen LogP contribution in [0.3, 0.4) is 0 Å². The Labute approximate surface area is 115 Å². The molecule has 1 aliphatic rings. The van der Waals surface area contributed by atoms with Crippen LogP contribution in [-0.4, -0.2) is 12.6 Å². The fourth-order valence-corrected chi connectivity index (χ4v) is 2.80. The second kappa shape index (κ2) is 9.83. The maximum absolute atomic E-state index is 3.72. The number of hydrogen-bond donors (Lipinski definition) is 1. The van der Waals surface area contributed by atoms with Crippen molar-refractivity contribution in [2.45, 2.75) is 91.0 Å². The van der Waals surface area contributed by atoms with Crippen LogP contribution in [0.25, 0.3) is 0 Å². The summed E-state index contributed by atoms with van der Waals surface area (Å²) in [5, 5.41) is 3.72. The van der Waals surface area contributed by atoms with Gasteiger partial charge in [0.15, 0.2) is 0 Å². The summed E-state index contributed by atoms with van der Waals surface area (Å²) in [4.78, 5) is 0. The molecule has 1 atom stereocenters. The third-order valence-electron chi connectivity index (χ3n) is 4.04. The van der Waals surface area contributed by atoms with Crippen LogP contribution in [-0.2, 0) is 0 Å². The largest absolute Gasteiger partial charge is 0.314 e. The average Bonchev–Trinajstić information content (AvgIpc) is 3.13. The van der Waals surface area contributed by atoms with E-state index >= 15 is 0 Å². The highest BCUT2D eigenvalue weighted by molar-refractivity contribution is 4.82. The van der Waals surface area contributed by atoms with Gasteiger partial charge in [0.2, 0.25) is 0 Å². The quantitative estimate of drug-likeness (QED) is 0.474. The minimum atomic E-state index is 0.857.